The van der Waals surface area contributed by atoms with Crippen LogP contribution in [0.3, 0.4) is 0 Å². The second kappa shape index (κ2) is 11.8. The molecule has 3 aromatic carbocycles. The van der Waals surface area contributed by atoms with Crippen LogP contribution in [0.25, 0.3) is 0 Å². The molecule has 7 nitrogen and oxygen atoms in total. The van der Waals surface area contributed by atoms with Crippen molar-refractivity contribution in [2.45, 2.75) is 12.6 Å². The van der Waals surface area contributed by atoms with E-state index in [4.69, 9.17) is 4.74 Å². The first-order chi connectivity index (χ1) is 16.4. The molecular weight excluding hydrogens is 435 g/mol. The number of hydrogen-bond donors (Lipinski definition) is 3. The van der Waals surface area contributed by atoms with E-state index in [1.54, 1.807) is 49.6 Å². The van der Waals surface area contributed by atoms with E-state index >= 15 is 0 Å². The van der Waals surface area contributed by atoms with Crippen molar-refractivity contribution in [2.75, 3.05) is 33.1 Å². The summed E-state index contributed by atoms with van der Waals surface area (Å²) >= 11 is 0. The third-order valence-corrected chi connectivity index (χ3v) is 5.38. The van der Waals surface area contributed by atoms with Crippen molar-refractivity contribution >= 4 is 17.6 Å². The van der Waals surface area contributed by atoms with Gasteiger partial charge in [0.2, 0.25) is 0 Å². The number of halogens is 1. The number of amides is 3. The monoisotopic (exact) mass is 464 g/mol. The van der Waals surface area contributed by atoms with Crippen LogP contribution < -0.4 is 20.7 Å². The largest absolute Gasteiger partial charge is 0.497 e. The highest BCUT2D eigenvalue weighted by Gasteiger charge is 2.16. The molecule has 0 bridgehead atoms. The maximum Gasteiger partial charge on any atom is 0.319 e. The van der Waals surface area contributed by atoms with Crippen LogP contribution in [-0.4, -0.2) is 44.6 Å². The van der Waals surface area contributed by atoms with Crippen LogP contribution >= 0.6 is 0 Å². The Kier molecular flexibility index (Phi) is 8.59. The Morgan fingerprint density at radius 1 is 0.941 bits per heavy atom. The molecule has 0 heterocycles. The highest BCUT2D eigenvalue weighted by atomic mass is 19.1. The van der Waals surface area contributed by atoms with Crippen LogP contribution in [0, 0.1) is 5.82 Å². The minimum absolute atomic E-state index is 0.0165. The van der Waals surface area contributed by atoms with Gasteiger partial charge in [0, 0.05) is 29.9 Å². The average molecular weight is 465 g/mol. The molecule has 34 heavy (non-hydrogen) atoms. The zero-order valence-corrected chi connectivity index (χ0v) is 19.5. The first-order valence-corrected chi connectivity index (χ1v) is 10.8. The van der Waals surface area contributed by atoms with E-state index in [0.717, 1.165) is 11.3 Å². The molecule has 3 amide bonds. The molecule has 0 saturated heterocycles. The fraction of sp³-hybridized carbons (Fsp3) is 0.231. The molecule has 0 aromatic heterocycles. The molecule has 178 valence electrons. The third kappa shape index (κ3) is 6.79. The van der Waals surface area contributed by atoms with E-state index in [2.05, 4.69) is 16.0 Å². The number of urea groups is 1. The molecule has 0 saturated carbocycles. The summed E-state index contributed by atoms with van der Waals surface area (Å²) < 4.78 is 18.9. The fourth-order valence-corrected chi connectivity index (χ4v) is 3.41. The Morgan fingerprint density at radius 3 is 2.24 bits per heavy atom. The van der Waals surface area contributed by atoms with Gasteiger partial charge >= 0.3 is 6.03 Å². The lowest BCUT2D eigenvalue weighted by Crippen LogP contribution is -2.36. The highest BCUT2D eigenvalue weighted by Crippen LogP contribution is 2.21. The van der Waals surface area contributed by atoms with E-state index in [1.165, 1.54) is 6.07 Å². The van der Waals surface area contributed by atoms with Crippen LogP contribution in [0.4, 0.5) is 14.9 Å². The van der Waals surface area contributed by atoms with Gasteiger partial charge in [-0.05, 0) is 62.1 Å². The number of nitrogens with one attached hydrogen (secondary N) is 3. The maximum absolute atomic E-state index is 13.7. The molecule has 0 aliphatic rings. The highest BCUT2D eigenvalue weighted by molar-refractivity contribution is 5.95. The predicted molar refractivity (Wildman–Crippen MR) is 130 cm³/mol. The van der Waals surface area contributed by atoms with Crippen molar-refractivity contribution in [3.05, 3.63) is 95.3 Å². The Labute approximate surface area is 198 Å². The fourth-order valence-electron chi connectivity index (χ4n) is 3.41. The van der Waals surface area contributed by atoms with Crippen LogP contribution in [0.1, 0.15) is 27.5 Å². The Balaban J connectivity index is 1.51. The molecule has 1 unspecified atom stereocenters. The summed E-state index contributed by atoms with van der Waals surface area (Å²) in [5.41, 5.74) is 2.43. The molecule has 3 aromatic rings. The van der Waals surface area contributed by atoms with Crippen LogP contribution in [0.2, 0.25) is 0 Å². The number of hydrogen-bond acceptors (Lipinski definition) is 4. The van der Waals surface area contributed by atoms with Crippen molar-refractivity contribution in [1.82, 2.24) is 15.5 Å². The van der Waals surface area contributed by atoms with E-state index < -0.39 is 0 Å². The van der Waals surface area contributed by atoms with Gasteiger partial charge in [-0.1, -0.05) is 30.3 Å². The van der Waals surface area contributed by atoms with Gasteiger partial charge in [0.1, 0.15) is 11.6 Å². The third-order valence-electron chi connectivity index (χ3n) is 5.38. The normalized spacial score (nSPS) is 11.6. The Bertz CT molecular complexity index is 1100. The summed E-state index contributed by atoms with van der Waals surface area (Å²) in [5.74, 6) is 0.0840. The average Bonchev–Trinajstić information content (AvgIpc) is 2.84. The molecule has 3 N–H and O–H groups in total. The molecule has 0 aliphatic carbocycles. The molecule has 0 aliphatic heterocycles. The minimum Gasteiger partial charge on any atom is -0.497 e. The Morgan fingerprint density at radius 2 is 1.62 bits per heavy atom. The lowest BCUT2D eigenvalue weighted by Gasteiger charge is -2.25. The van der Waals surface area contributed by atoms with Crippen LogP contribution in [0.5, 0.6) is 5.75 Å². The summed E-state index contributed by atoms with van der Waals surface area (Å²) in [7, 11) is 5.52. The van der Waals surface area contributed by atoms with Gasteiger partial charge < -0.3 is 25.6 Å². The van der Waals surface area contributed by atoms with Crippen molar-refractivity contribution in [3.63, 3.8) is 0 Å². The smallest absolute Gasteiger partial charge is 0.319 e. The van der Waals surface area contributed by atoms with E-state index in [1.807, 2.05) is 43.3 Å². The van der Waals surface area contributed by atoms with Crippen LogP contribution in [0.15, 0.2) is 72.8 Å². The first-order valence-electron chi connectivity index (χ1n) is 10.8. The summed E-state index contributed by atoms with van der Waals surface area (Å²) in [4.78, 5) is 26.8. The lowest BCUT2D eigenvalue weighted by atomic mass is 10.1. The molecule has 0 spiro atoms. The zero-order chi connectivity index (χ0) is 24.5. The second-order valence-electron chi connectivity index (χ2n) is 7.94. The maximum atomic E-state index is 13.7. The zero-order valence-electron chi connectivity index (χ0n) is 19.5. The number of anilines is 1. The predicted octanol–water partition coefficient (Wildman–Crippen LogP) is 4.19. The molecular formula is C26H29FN4O3. The number of likely N-dealkylation sites (N-methyl/N-ethyl adjacent to an activating group) is 1. The number of ether oxygens (including phenoxy) is 1. The Hall–Kier alpha value is -3.91. The first kappa shape index (κ1) is 24.7. The summed E-state index contributed by atoms with van der Waals surface area (Å²) in [5, 5.41) is 8.34. The number of nitrogens with zero attached hydrogens (tertiary/aromatic N) is 1. The van der Waals surface area contributed by atoms with E-state index in [9.17, 15) is 14.0 Å². The molecule has 0 radical (unpaired) electrons. The minimum atomic E-state index is -0.364. The summed E-state index contributed by atoms with van der Waals surface area (Å²) in [6, 6.07) is 20.1. The molecule has 8 heteroatoms. The SMILES string of the molecule is COc1ccc(C(CNC(=O)Nc2ccc(C(=O)NCc3ccccc3F)cc2)N(C)C)cc1. The molecule has 1 atom stereocenters. The lowest BCUT2D eigenvalue weighted by molar-refractivity contribution is 0.0950. The van der Waals surface area contributed by atoms with E-state index in [-0.39, 0.29) is 30.3 Å². The van der Waals surface area contributed by atoms with Gasteiger partial charge in [0.25, 0.3) is 5.91 Å². The van der Waals surface area contributed by atoms with Gasteiger partial charge in [-0.3, -0.25) is 4.79 Å². The standard InChI is InChI=1S/C26H29FN4O3/c1-31(2)24(18-10-14-22(34-3)15-11-18)17-29-26(33)30-21-12-8-19(9-13-21)25(32)28-16-20-6-4-5-7-23(20)27/h4-15,24H,16-17H2,1-3H3,(H,28,32)(H2,29,30,33). The quantitative estimate of drug-likeness (QED) is 0.444. The van der Waals surface area contributed by atoms with Crippen molar-refractivity contribution < 1.29 is 18.7 Å². The summed E-state index contributed by atoms with van der Waals surface area (Å²) in [6.45, 7) is 0.497. The number of carbonyl (C=O) groups excluding carboxylic acids is 2. The van der Waals surface area contributed by atoms with Gasteiger partial charge in [-0.25, -0.2) is 9.18 Å². The number of rotatable bonds is 9. The molecule has 0 fully saturated rings. The van der Waals surface area contributed by atoms with Gasteiger partial charge in [0.05, 0.1) is 13.2 Å². The van der Waals surface area contributed by atoms with Crippen molar-refractivity contribution in [3.8, 4) is 5.75 Å². The van der Waals surface area contributed by atoms with Gasteiger partial charge in [-0.15, -0.1) is 0 Å². The summed E-state index contributed by atoms with van der Waals surface area (Å²) in [6.07, 6.45) is 0. The number of carbonyl (C=O) groups is 2. The van der Waals surface area contributed by atoms with E-state index in [0.29, 0.717) is 23.4 Å². The van der Waals surface area contributed by atoms with Crippen molar-refractivity contribution in [2.24, 2.45) is 0 Å². The van der Waals surface area contributed by atoms with Crippen molar-refractivity contribution in [1.29, 1.82) is 0 Å². The number of methoxy groups -OCH3 is 1. The molecule has 3 rings (SSSR count). The number of benzene rings is 3. The topological polar surface area (TPSA) is 82.7 Å². The van der Waals surface area contributed by atoms with Crippen LogP contribution in [-0.2, 0) is 6.54 Å². The van der Waals surface area contributed by atoms with Gasteiger partial charge in [-0.2, -0.15) is 0 Å². The second-order valence-corrected chi connectivity index (χ2v) is 7.94. The van der Waals surface area contributed by atoms with Gasteiger partial charge in [0.15, 0.2) is 0 Å².